The van der Waals surface area contributed by atoms with E-state index in [-0.39, 0.29) is 27.6 Å². The minimum Gasteiger partial charge on any atom is -0.310 e. The summed E-state index contributed by atoms with van der Waals surface area (Å²) in [5.41, 5.74) is 22.8. The quantitative estimate of drug-likeness (QED) is 0.150. The van der Waals surface area contributed by atoms with Gasteiger partial charge in [0, 0.05) is 42.9 Å². The minimum absolute atomic E-state index is 0.0261. The molecule has 13 rings (SSSR count). The van der Waals surface area contributed by atoms with Gasteiger partial charge in [-0.3, -0.25) is 0 Å². The van der Waals surface area contributed by atoms with Crippen molar-refractivity contribution in [2.75, 3.05) is 4.90 Å². The van der Waals surface area contributed by atoms with Gasteiger partial charge < -0.3 is 4.90 Å². The van der Waals surface area contributed by atoms with Crippen LogP contribution in [-0.2, 0) is 27.1 Å². The van der Waals surface area contributed by atoms with E-state index in [9.17, 15) is 0 Å². The number of nitrogens with zero attached hydrogens (tertiary/aromatic N) is 1. The van der Waals surface area contributed by atoms with Crippen molar-refractivity contribution in [3.63, 3.8) is 0 Å². The van der Waals surface area contributed by atoms with Crippen molar-refractivity contribution in [2.24, 2.45) is 0 Å². The minimum atomic E-state index is -0.649. The topological polar surface area (TPSA) is 3.24 Å². The Morgan fingerprint density at radius 2 is 0.808 bits per heavy atom. The molecule has 0 bridgehead atoms. The van der Waals surface area contributed by atoms with Crippen LogP contribution in [0.2, 0.25) is 0 Å². The van der Waals surface area contributed by atoms with E-state index in [0.717, 1.165) is 11.4 Å². The highest BCUT2D eigenvalue weighted by Crippen LogP contribution is 2.65. The molecule has 0 atom stereocenters. The molecular weight excluding hydrogens is 959 g/mol. The van der Waals surface area contributed by atoms with Crippen LogP contribution < -0.4 is 4.90 Å². The van der Waals surface area contributed by atoms with Crippen LogP contribution in [0.4, 0.5) is 17.1 Å². The first-order valence-corrected chi connectivity index (χ1v) is 29.0. The summed E-state index contributed by atoms with van der Waals surface area (Å²) in [6.07, 6.45) is 0. The largest absolute Gasteiger partial charge is 0.310 e. The summed E-state index contributed by atoms with van der Waals surface area (Å²) < 4.78 is 2.66. The lowest BCUT2D eigenvalue weighted by molar-refractivity contribution is 0.589. The predicted molar refractivity (Wildman–Crippen MR) is 336 cm³/mol. The highest BCUT2D eigenvalue weighted by atomic mass is 32.1. The van der Waals surface area contributed by atoms with Crippen LogP contribution in [0.15, 0.2) is 206 Å². The molecule has 0 aliphatic heterocycles. The zero-order chi connectivity index (χ0) is 54.3. The second-order valence-electron chi connectivity index (χ2n) is 26.5. The standard InChI is InChI=1S/C76H71NS/c1-72(2,3)49-32-28-47(29-33-49)67(48-30-34-50(35-31-48)73(4,5)6)60-46-64-69(70-58-22-15-18-27-66(58)78-71(60)70)59-44-45-65(77(53-40-36-51(37-41-53)74(7,8)9)54-42-38-52(39-43-54)75(10,11)12)57-23-19-26-63(68(57)59)76(64)61-24-16-13-20-55(61)56-21-14-17-25-62(56)76/h13-46,67H,1-12H3. The Bertz CT molecular complexity index is 3980. The smallest absolute Gasteiger partial charge is 0.0726 e. The number of hydrogen-bond acceptors (Lipinski definition) is 2. The molecule has 0 unspecified atom stereocenters. The highest BCUT2D eigenvalue weighted by molar-refractivity contribution is 7.26. The zero-order valence-electron chi connectivity index (χ0n) is 47.6. The van der Waals surface area contributed by atoms with Crippen LogP contribution in [0, 0.1) is 0 Å². The van der Waals surface area contributed by atoms with Gasteiger partial charge in [-0.2, -0.15) is 0 Å². The first kappa shape index (κ1) is 50.0. The Kier molecular flexibility index (Phi) is 11.4. The molecule has 0 saturated heterocycles. The van der Waals surface area contributed by atoms with Gasteiger partial charge in [-0.25, -0.2) is 0 Å². The maximum absolute atomic E-state index is 2.70. The summed E-state index contributed by atoms with van der Waals surface area (Å²) in [5.74, 6) is -0.0414. The SMILES string of the molecule is CC(C)(C)c1ccc(C(c2ccc(C(C)(C)C)cc2)c2cc3c(c4c2sc2ccccc24)-c2ccc(N(c4ccc(C(C)(C)C)cc4)c4ccc(C(C)(C)C)cc4)c4cccc(c24)C32c3ccccc3-c3ccccc32)cc1. The molecule has 0 amide bonds. The Morgan fingerprint density at radius 1 is 0.372 bits per heavy atom. The van der Waals surface area contributed by atoms with Gasteiger partial charge in [-0.1, -0.05) is 253 Å². The lowest BCUT2D eigenvalue weighted by Crippen LogP contribution is -2.32. The van der Waals surface area contributed by atoms with Gasteiger partial charge in [-0.15, -0.1) is 11.3 Å². The van der Waals surface area contributed by atoms with Gasteiger partial charge in [0.2, 0.25) is 0 Å². The van der Waals surface area contributed by atoms with Crippen LogP contribution in [-0.4, -0.2) is 0 Å². The van der Waals surface area contributed by atoms with E-state index in [1.54, 1.807) is 0 Å². The number of rotatable bonds is 6. The lowest BCUT2D eigenvalue weighted by atomic mass is 9.60. The predicted octanol–water partition coefficient (Wildman–Crippen LogP) is 21.4. The molecule has 0 saturated carbocycles. The summed E-state index contributed by atoms with van der Waals surface area (Å²) >= 11 is 1.97. The molecular formula is C76H71NS. The number of thiophene rings is 1. The molecule has 2 aliphatic carbocycles. The molecule has 386 valence electrons. The molecule has 1 spiro atoms. The van der Waals surface area contributed by atoms with E-state index < -0.39 is 5.41 Å². The van der Waals surface area contributed by atoms with E-state index in [4.69, 9.17) is 0 Å². The number of benzene rings is 10. The summed E-state index contributed by atoms with van der Waals surface area (Å²) in [7, 11) is 0. The third-order valence-corrected chi connectivity index (χ3v) is 18.7. The summed E-state index contributed by atoms with van der Waals surface area (Å²) in [6, 6.07) is 80.6. The van der Waals surface area contributed by atoms with Crippen LogP contribution in [0.5, 0.6) is 0 Å². The maximum atomic E-state index is 2.70. The first-order valence-electron chi connectivity index (χ1n) is 28.2. The molecule has 2 heteroatoms. The van der Waals surface area contributed by atoms with Crippen molar-refractivity contribution in [3.05, 3.63) is 267 Å². The second-order valence-corrected chi connectivity index (χ2v) is 27.6. The van der Waals surface area contributed by atoms with E-state index in [2.05, 4.69) is 294 Å². The molecule has 78 heavy (non-hydrogen) atoms. The Hall–Kier alpha value is -7.52. The molecule has 1 aromatic heterocycles. The van der Waals surface area contributed by atoms with E-state index in [1.807, 2.05) is 11.3 Å². The average molecular weight is 1030 g/mol. The van der Waals surface area contributed by atoms with Gasteiger partial charge >= 0.3 is 0 Å². The van der Waals surface area contributed by atoms with Gasteiger partial charge in [0.1, 0.15) is 0 Å². The number of anilines is 3. The zero-order valence-corrected chi connectivity index (χ0v) is 48.4. The van der Waals surface area contributed by atoms with E-state index in [0.29, 0.717) is 0 Å². The number of fused-ring (bicyclic) bond motifs is 13. The van der Waals surface area contributed by atoms with Crippen molar-refractivity contribution in [3.8, 4) is 22.3 Å². The molecule has 0 fully saturated rings. The summed E-state index contributed by atoms with van der Waals surface area (Å²) in [6.45, 7) is 27.7. The van der Waals surface area contributed by atoms with Gasteiger partial charge in [0.05, 0.1) is 11.1 Å². The first-order chi connectivity index (χ1) is 37.2. The highest BCUT2D eigenvalue weighted by Gasteiger charge is 2.51. The van der Waals surface area contributed by atoms with Crippen LogP contribution in [0.25, 0.3) is 53.2 Å². The lowest BCUT2D eigenvalue weighted by Gasteiger charge is -2.41. The second kappa shape index (κ2) is 17.8. The van der Waals surface area contributed by atoms with Crippen LogP contribution in [0.1, 0.15) is 150 Å². The fourth-order valence-corrected chi connectivity index (χ4v) is 14.6. The van der Waals surface area contributed by atoms with Gasteiger partial charge in [0.25, 0.3) is 0 Å². The van der Waals surface area contributed by atoms with Crippen molar-refractivity contribution in [2.45, 2.75) is 116 Å². The Balaban J connectivity index is 1.17. The Labute approximate surface area is 467 Å². The van der Waals surface area contributed by atoms with Crippen LogP contribution >= 0.6 is 11.3 Å². The van der Waals surface area contributed by atoms with Gasteiger partial charge in [0.15, 0.2) is 0 Å². The van der Waals surface area contributed by atoms with E-state index >= 15 is 0 Å². The molecule has 11 aromatic rings. The fourth-order valence-electron chi connectivity index (χ4n) is 13.3. The van der Waals surface area contributed by atoms with Crippen molar-refractivity contribution < 1.29 is 0 Å². The van der Waals surface area contributed by atoms with Crippen molar-refractivity contribution >= 4 is 59.3 Å². The molecule has 0 N–H and O–H groups in total. The number of hydrogen-bond donors (Lipinski definition) is 0. The van der Waals surface area contributed by atoms with E-state index in [1.165, 1.54) is 120 Å². The summed E-state index contributed by atoms with van der Waals surface area (Å²) in [4.78, 5) is 2.51. The van der Waals surface area contributed by atoms with Crippen molar-refractivity contribution in [1.82, 2.24) is 0 Å². The normalized spacial score (nSPS) is 13.9. The third-order valence-electron chi connectivity index (χ3n) is 17.5. The molecule has 0 radical (unpaired) electrons. The molecule has 1 heterocycles. The monoisotopic (exact) mass is 1030 g/mol. The molecule has 10 aromatic carbocycles. The average Bonchev–Trinajstić information content (AvgIpc) is 3.35. The third kappa shape index (κ3) is 7.76. The molecule has 2 aliphatic rings. The van der Waals surface area contributed by atoms with Crippen LogP contribution in [0.3, 0.4) is 0 Å². The Morgan fingerprint density at radius 3 is 1.31 bits per heavy atom. The molecule has 1 nitrogen and oxygen atoms in total. The maximum Gasteiger partial charge on any atom is 0.0726 e. The summed E-state index contributed by atoms with van der Waals surface area (Å²) in [5, 5.41) is 5.21. The van der Waals surface area contributed by atoms with Gasteiger partial charge in [-0.05, 0) is 147 Å². The van der Waals surface area contributed by atoms with Crippen molar-refractivity contribution in [1.29, 1.82) is 0 Å². The fraction of sp³-hybridized carbons (Fsp3) is 0.237.